The topological polar surface area (TPSA) is 51.7 Å². The second-order valence-corrected chi connectivity index (χ2v) is 6.62. The van der Waals surface area contributed by atoms with Gasteiger partial charge in [-0.25, -0.2) is 4.98 Å². The largest absolute Gasteiger partial charge is 0.496 e. The van der Waals surface area contributed by atoms with E-state index in [0.717, 1.165) is 24.2 Å². The predicted octanol–water partition coefficient (Wildman–Crippen LogP) is 4.05. The highest BCUT2D eigenvalue weighted by molar-refractivity contribution is 5.94. The Morgan fingerprint density at radius 2 is 2.04 bits per heavy atom. The summed E-state index contributed by atoms with van der Waals surface area (Å²) in [5.74, 6) is 0.597. The van der Waals surface area contributed by atoms with Crippen LogP contribution in [0.15, 0.2) is 42.6 Å². The maximum absolute atomic E-state index is 12.8. The second kappa shape index (κ2) is 8.50. The standard InChI is InChI=1S/C20H21F3N2O3/c1-27-17-7-3-2-6-16(17)15-5-4-10-25(12-15)19(26)14-8-9-18(24-11-14)28-13-20(21,22)23/h2-3,6-9,11,15H,4-5,10,12-13H2,1H3. The molecule has 0 aliphatic carbocycles. The Morgan fingerprint density at radius 3 is 2.71 bits per heavy atom. The zero-order valence-corrected chi connectivity index (χ0v) is 15.4. The number of rotatable bonds is 5. The minimum absolute atomic E-state index is 0.163. The summed E-state index contributed by atoms with van der Waals surface area (Å²) in [6.45, 7) is -0.248. The lowest BCUT2D eigenvalue weighted by atomic mass is 9.89. The van der Waals surface area contributed by atoms with Gasteiger partial charge in [0.2, 0.25) is 5.88 Å². The van der Waals surface area contributed by atoms with Crippen LogP contribution >= 0.6 is 0 Å². The molecule has 0 spiro atoms. The summed E-state index contributed by atoms with van der Waals surface area (Å²) >= 11 is 0. The molecule has 5 nitrogen and oxygen atoms in total. The minimum atomic E-state index is -4.43. The van der Waals surface area contributed by atoms with Gasteiger partial charge in [-0.2, -0.15) is 13.2 Å². The summed E-state index contributed by atoms with van der Waals surface area (Å²) in [4.78, 5) is 18.3. The molecule has 0 N–H and O–H groups in total. The summed E-state index contributed by atoms with van der Waals surface area (Å²) in [5, 5.41) is 0. The first kappa shape index (κ1) is 20.0. The molecule has 1 unspecified atom stereocenters. The van der Waals surface area contributed by atoms with Gasteiger partial charge in [0, 0.05) is 31.3 Å². The van der Waals surface area contributed by atoms with Crippen LogP contribution in [0, 0.1) is 0 Å². The van der Waals surface area contributed by atoms with Crippen molar-refractivity contribution in [1.29, 1.82) is 0 Å². The predicted molar refractivity (Wildman–Crippen MR) is 96.7 cm³/mol. The van der Waals surface area contributed by atoms with Gasteiger partial charge in [0.1, 0.15) is 5.75 Å². The van der Waals surface area contributed by atoms with Gasteiger partial charge in [-0.3, -0.25) is 4.79 Å². The normalized spacial score (nSPS) is 17.3. The van der Waals surface area contributed by atoms with Crippen molar-refractivity contribution in [3.63, 3.8) is 0 Å². The summed E-state index contributed by atoms with van der Waals surface area (Å²) in [5.41, 5.74) is 1.39. The number of hydrogen-bond acceptors (Lipinski definition) is 4. The van der Waals surface area contributed by atoms with E-state index in [9.17, 15) is 18.0 Å². The van der Waals surface area contributed by atoms with Gasteiger partial charge >= 0.3 is 6.18 Å². The molecule has 1 saturated heterocycles. The monoisotopic (exact) mass is 394 g/mol. The number of pyridine rings is 1. The number of piperidine rings is 1. The summed E-state index contributed by atoms with van der Waals surface area (Å²) in [6, 6.07) is 10.5. The number of ether oxygens (including phenoxy) is 2. The number of carbonyl (C=O) groups excluding carboxylic acids is 1. The van der Waals surface area contributed by atoms with E-state index in [1.54, 1.807) is 12.0 Å². The number of alkyl halides is 3. The van der Waals surface area contributed by atoms with Crippen LogP contribution in [-0.4, -0.2) is 48.8 Å². The fourth-order valence-corrected chi connectivity index (χ4v) is 3.35. The van der Waals surface area contributed by atoms with Gasteiger partial charge in [-0.05, 0) is 30.5 Å². The molecule has 1 aromatic heterocycles. The Hall–Kier alpha value is -2.77. The minimum Gasteiger partial charge on any atom is -0.496 e. The van der Waals surface area contributed by atoms with Crippen molar-refractivity contribution < 1.29 is 27.4 Å². The zero-order chi connectivity index (χ0) is 20.1. The van der Waals surface area contributed by atoms with E-state index in [4.69, 9.17) is 4.74 Å². The molecular formula is C20H21F3N2O3. The lowest BCUT2D eigenvalue weighted by Gasteiger charge is -2.33. The van der Waals surface area contributed by atoms with Crippen molar-refractivity contribution in [3.8, 4) is 11.6 Å². The third kappa shape index (κ3) is 4.94. The molecular weight excluding hydrogens is 373 g/mol. The van der Waals surface area contributed by atoms with Crippen molar-refractivity contribution in [2.75, 3.05) is 26.8 Å². The Kier molecular flexibility index (Phi) is 6.06. The number of aromatic nitrogens is 1. The lowest BCUT2D eigenvalue weighted by molar-refractivity contribution is -0.154. The number of carbonyl (C=O) groups is 1. The van der Waals surface area contributed by atoms with E-state index in [2.05, 4.69) is 9.72 Å². The molecule has 8 heteroatoms. The second-order valence-electron chi connectivity index (χ2n) is 6.62. The molecule has 1 aliphatic heterocycles. The van der Waals surface area contributed by atoms with Crippen LogP contribution in [0.25, 0.3) is 0 Å². The molecule has 0 bridgehead atoms. The first-order valence-corrected chi connectivity index (χ1v) is 8.95. The third-order valence-corrected chi connectivity index (χ3v) is 4.65. The number of benzene rings is 1. The zero-order valence-electron chi connectivity index (χ0n) is 15.4. The van der Waals surface area contributed by atoms with Crippen LogP contribution in [0.3, 0.4) is 0 Å². The number of methoxy groups -OCH3 is 1. The number of hydrogen-bond donors (Lipinski definition) is 0. The number of para-hydroxylation sites is 1. The van der Waals surface area contributed by atoms with Crippen molar-refractivity contribution >= 4 is 5.91 Å². The highest BCUT2D eigenvalue weighted by Crippen LogP contribution is 2.33. The van der Waals surface area contributed by atoms with Crippen LogP contribution in [0.1, 0.15) is 34.7 Å². The maximum Gasteiger partial charge on any atom is 0.422 e. The van der Waals surface area contributed by atoms with Crippen LogP contribution in [0.5, 0.6) is 11.6 Å². The van der Waals surface area contributed by atoms with Gasteiger partial charge in [-0.15, -0.1) is 0 Å². The molecule has 150 valence electrons. The molecule has 2 aromatic rings. The van der Waals surface area contributed by atoms with Gasteiger partial charge in [-0.1, -0.05) is 18.2 Å². The number of likely N-dealkylation sites (tertiary alicyclic amines) is 1. The Balaban J connectivity index is 1.67. The molecule has 28 heavy (non-hydrogen) atoms. The molecule has 0 radical (unpaired) electrons. The van der Waals surface area contributed by atoms with Gasteiger partial charge in [0.15, 0.2) is 6.61 Å². The van der Waals surface area contributed by atoms with Crippen molar-refractivity contribution in [2.45, 2.75) is 24.9 Å². The van der Waals surface area contributed by atoms with Crippen LogP contribution < -0.4 is 9.47 Å². The van der Waals surface area contributed by atoms with Gasteiger partial charge in [0.25, 0.3) is 5.91 Å². The highest BCUT2D eigenvalue weighted by Gasteiger charge is 2.29. The van der Waals surface area contributed by atoms with E-state index >= 15 is 0 Å². The van der Waals surface area contributed by atoms with Crippen LogP contribution in [0.4, 0.5) is 13.2 Å². The van der Waals surface area contributed by atoms with Crippen LogP contribution in [-0.2, 0) is 0 Å². The molecule has 3 rings (SSSR count). The van der Waals surface area contributed by atoms with Crippen molar-refractivity contribution in [2.24, 2.45) is 0 Å². The molecule has 2 heterocycles. The number of halogens is 3. The summed E-state index contributed by atoms with van der Waals surface area (Å²) in [7, 11) is 1.62. The molecule has 0 saturated carbocycles. The van der Waals surface area contributed by atoms with Gasteiger partial charge < -0.3 is 14.4 Å². The Morgan fingerprint density at radius 1 is 1.25 bits per heavy atom. The lowest BCUT2D eigenvalue weighted by Crippen LogP contribution is -2.39. The molecule has 1 amide bonds. The van der Waals surface area contributed by atoms with Gasteiger partial charge in [0.05, 0.1) is 12.7 Å². The first-order chi connectivity index (χ1) is 13.4. The molecule has 1 aliphatic rings. The fourth-order valence-electron chi connectivity index (χ4n) is 3.35. The van der Waals surface area contributed by atoms with E-state index in [0.29, 0.717) is 18.7 Å². The van der Waals surface area contributed by atoms with E-state index in [-0.39, 0.29) is 17.7 Å². The molecule has 1 atom stereocenters. The smallest absolute Gasteiger partial charge is 0.422 e. The SMILES string of the molecule is COc1ccccc1C1CCCN(C(=O)c2ccc(OCC(F)(F)F)nc2)C1. The van der Waals surface area contributed by atoms with Crippen molar-refractivity contribution in [3.05, 3.63) is 53.7 Å². The highest BCUT2D eigenvalue weighted by atomic mass is 19.4. The first-order valence-electron chi connectivity index (χ1n) is 8.95. The third-order valence-electron chi connectivity index (χ3n) is 4.65. The average Bonchev–Trinajstić information content (AvgIpc) is 2.71. The quantitative estimate of drug-likeness (QED) is 0.768. The Labute approximate surface area is 161 Å². The molecule has 1 aromatic carbocycles. The van der Waals surface area contributed by atoms with E-state index in [1.807, 2.05) is 24.3 Å². The average molecular weight is 394 g/mol. The summed E-state index contributed by atoms with van der Waals surface area (Å²) in [6.07, 6.45) is -1.38. The Bertz CT molecular complexity index is 809. The van der Waals surface area contributed by atoms with Crippen LogP contribution in [0.2, 0.25) is 0 Å². The fraction of sp³-hybridized carbons (Fsp3) is 0.400. The van der Waals surface area contributed by atoms with E-state index < -0.39 is 12.8 Å². The summed E-state index contributed by atoms with van der Waals surface area (Å²) < 4.78 is 46.6. The van der Waals surface area contributed by atoms with Crippen molar-refractivity contribution in [1.82, 2.24) is 9.88 Å². The molecule has 1 fully saturated rings. The maximum atomic E-state index is 12.8. The van der Waals surface area contributed by atoms with E-state index in [1.165, 1.54) is 18.3 Å². The number of amides is 1. The number of nitrogens with zero attached hydrogens (tertiary/aromatic N) is 2.